The van der Waals surface area contributed by atoms with E-state index in [9.17, 15) is 4.79 Å². The Bertz CT molecular complexity index is 229. The van der Waals surface area contributed by atoms with Crippen LogP contribution >= 0.6 is 0 Å². The van der Waals surface area contributed by atoms with Gasteiger partial charge in [-0.3, -0.25) is 4.79 Å². The van der Waals surface area contributed by atoms with Crippen molar-refractivity contribution in [2.75, 3.05) is 6.54 Å². The number of rotatable bonds is 5. The average molecular weight is 211 g/mol. The number of amides is 1. The van der Waals surface area contributed by atoms with E-state index in [1.165, 1.54) is 5.70 Å². The molecule has 0 aliphatic heterocycles. The van der Waals surface area contributed by atoms with Gasteiger partial charge in [0.2, 0.25) is 5.91 Å². The van der Waals surface area contributed by atoms with Crippen molar-refractivity contribution in [3.63, 3.8) is 0 Å². The van der Waals surface area contributed by atoms with Crippen molar-refractivity contribution in [2.45, 2.75) is 48.0 Å². The molecule has 0 spiro atoms. The van der Waals surface area contributed by atoms with Gasteiger partial charge in [-0.2, -0.15) is 0 Å². The number of nitrogens with zero attached hydrogens (tertiary/aromatic N) is 1. The van der Waals surface area contributed by atoms with Gasteiger partial charge in [0.25, 0.3) is 0 Å². The van der Waals surface area contributed by atoms with Crippen LogP contribution in [0.25, 0.3) is 0 Å². The van der Waals surface area contributed by atoms with Crippen LogP contribution in [-0.2, 0) is 4.79 Å². The van der Waals surface area contributed by atoms with Gasteiger partial charge in [-0.1, -0.05) is 33.8 Å². The maximum absolute atomic E-state index is 11.5. The minimum Gasteiger partial charge on any atom is -0.317 e. The smallest absolute Gasteiger partial charge is 0.223 e. The summed E-state index contributed by atoms with van der Waals surface area (Å²) in [5.74, 6) is 1.22. The molecule has 2 heteroatoms. The van der Waals surface area contributed by atoms with Gasteiger partial charge in [-0.15, -0.1) is 0 Å². The van der Waals surface area contributed by atoms with E-state index in [0.717, 1.165) is 13.0 Å². The lowest BCUT2D eigenvalue weighted by Crippen LogP contribution is -2.28. The summed E-state index contributed by atoms with van der Waals surface area (Å²) in [6.07, 6.45) is 3.18. The Kier molecular flexibility index (Phi) is 6.30. The van der Waals surface area contributed by atoms with Crippen LogP contribution in [0, 0.1) is 11.8 Å². The number of allylic oxidation sites excluding steroid dienone is 2. The fraction of sp³-hybridized carbons (Fsp3) is 0.769. The first-order valence-electron chi connectivity index (χ1n) is 5.87. The zero-order valence-electron chi connectivity index (χ0n) is 11.0. The van der Waals surface area contributed by atoms with Gasteiger partial charge in [-0.05, 0) is 25.2 Å². The van der Waals surface area contributed by atoms with E-state index in [4.69, 9.17) is 0 Å². The monoisotopic (exact) mass is 211 g/mol. The van der Waals surface area contributed by atoms with Crippen LogP contribution < -0.4 is 0 Å². The first kappa shape index (κ1) is 14.2. The number of hydrogen-bond acceptors (Lipinski definition) is 1. The second-order valence-corrected chi connectivity index (χ2v) is 4.76. The van der Waals surface area contributed by atoms with Crippen molar-refractivity contribution in [2.24, 2.45) is 11.8 Å². The third-order valence-electron chi connectivity index (χ3n) is 2.19. The summed E-state index contributed by atoms with van der Waals surface area (Å²) in [6, 6.07) is 0. The van der Waals surface area contributed by atoms with Crippen molar-refractivity contribution in [1.29, 1.82) is 0 Å². The molecule has 2 nitrogen and oxygen atoms in total. The first-order valence-corrected chi connectivity index (χ1v) is 5.87. The molecule has 0 saturated heterocycles. The van der Waals surface area contributed by atoms with Gasteiger partial charge in [-0.25, -0.2) is 0 Å². The molecule has 15 heavy (non-hydrogen) atoms. The molecular weight excluding hydrogens is 186 g/mol. The van der Waals surface area contributed by atoms with Crippen molar-refractivity contribution in [1.82, 2.24) is 4.90 Å². The molecule has 0 rings (SSSR count). The minimum absolute atomic E-state index is 0.144. The lowest BCUT2D eigenvalue weighted by molar-refractivity contribution is -0.127. The molecular formula is C13H25NO. The third-order valence-corrected chi connectivity index (χ3v) is 2.19. The molecule has 0 unspecified atom stereocenters. The van der Waals surface area contributed by atoms with E-state index in [-0.39, 0.29) is 5.91 Å². The van der Waals surface area contributed by atoms with E-state index in [1.54, 1.807) is 6.92 Å². The minimum atomic E-state index is 0.144. The van der Waals surface area contributed by atoms with Crippen molar-refractivity contribution in [3.8, 4) is 0 Å². The van der Waals surface area contributed by atoms with Gasteiger partial charge < -0.3 is 4.90 Å². The van der Waals surface area contributed by atoms with Gasteiger partial charge >= 0.3 is 0 Å². The summed E-state index contributed by atoms with van der Waals surface area (Å²) in [6.45, 7) is 13.1. The molecule has 0 fully saturated rings. The highest BCUT2D eigenvalue weighted by molar-refractivity contribution is 5.75. The zero-order chi connectivity index (χ0) is 12.0. The molecule has 88 valence electrons. The average Bonchev–Trinajstić information content (AvgIpc) is 2.01. The Labute approximate surface area is 94.4 Å². The zero-order valence-corrected chi connectivity index (χ0v) is 11.0. The normalized spacial score (nSPS) is 12.4. The molecule has 0 bridgehead atoms. The highest BCUT2D eigenvalue weighted by atomic mass is 16.2. The Morgan fingerprint density at radius 1 is 1.27 bits per heavy atom. The summed E-state index contributed by atoms with van der Waals surface area (Å²) in [5.41, 5.74) is 1.18. The molecule has 0 aromatic heterocycles. The number of hydrogen-bond donors (Lipinski definition) is 0. The second kappa shape index (κ2) is 6.65. The number of carbonyl (C=O) groups excluding carboxylic acids is 1. The summed E-state index contributed by atoms with van der Waals surface area (Å²) < 4.78 is 0. The maximum Gasteiger partial charge on any atom is 0.223 e. The van der Waals surface area contributed by atoms with Crippen LogP contribution in [0.2, 0.25) is 0 Å². The molecule has 0 atom stereocenters. The molecule has 0 aromatic rings. The lowest BCUT2D eigenvalue weighted by Gasteiger charge is -2.25. The molecule has 0 N–H and O–H groups in total. The third kappa shape index (κ3) is 5.60. The van der Waals surface area contributed by atoms with Crippen LogP contribution in [0.4, 0.5) is 0 Å². The molecule has 0 saturated carbocycles. The lowest BCUT2D eigenvalue weighted by atomic mass is 10.0. The van der Waals surface area contributed by atoms with E-state index >= 15 is 0 Å². The predicted molar refractivity (Wildman–Crippen MR) is 65.4 cm³/mol. The van der Waals surface area contributed by atoms with Crippen LogP contribution in [0.15, 0.2) is 11.8 Å². The number of carbonyl (C=O) groups is 1. The highest BCUT2D eigenvalue weighted by Crippen LogP contribution is 2.17. The SMILES string of the molecule is CCN(C(C)=O)/C(=C/C(C)C)CC(C)C. The van der Waals surface area contributed by atoms with E-state index in [2.05, 4.69) is 33.8 Å². The predicted octanol–water partition coefficient (Wildman–Crippen LogP) is 3.44. The van der Waals surface area contributed by atoms with Gasteiger partial charge in [0, 0.05) is 19.2 Å². The molecule has 0 aliphatic rings. The molecule has 0 aliphatic carbocycles. The van der Waals surface area contributed by atoms with Crippen LogP contribution in [0.1, 0.15) is 48.0 Å². The maximum atomic E-state index is 11.5. The van der Waals surface area contributed by atoms with E-state index in [1.807, 2.05) is 11.8 Å². The van der Waals surface area contributed by atoms with E-state index < -0.39 is 0 Å². The van der Waals surface area contributed by atoms with Gasteiger partial charge in [0.15, 0.2) is 0 Å². The fourth-order valence-corrected chi connectivity index (χ4v) is 1.70. The Balaban J connectivity index is 4.82. The van der Waals surface area contributed by atoms with Crippen LogP contribution in [0.3, 0.4) is 0 Å². The molecule has 1 amide bonds. The van der Waals surface area contributed by atoms with E-state index in [0.29, 0.717) is 11.8 Å². The highest BCUT2D eigenvalue weighted by Gasteiger charge is 2.13. The summed E-state index contributed by atoms with van der Waals surface area (Å²) in [7, 11) is 0. The van der Waals surface area contributed by atoms with Crippen LogP contribution in [-0.4, -0.2) is 17.4 Å². The Morgan fingerprint density at radius 2 is 1.80 bits per heavy atom. The van der Waals surface area contributed by atoms with Crippen molar-refractivity contribution >= 4 is 5.91 Å². The summed E-state index contributed by atoms with van der Waals surface area (Å²) in [5, 5.41) is 0. The Morgan fingerprint density at radius 3 is 2.07 bits per heavy atom. The quantitative estimate of drug-likeness (QED) is 0.682. The largest absolute Gasteiger partial charge is 0.317 e. The van der Waals surface area contributed by atoms with Crippen molar-refractivity contribution in [3.05, 3.63) is 11.8 Å². The molecule has 0 heterocycles. The molecule has 0 aromatic carbocycles. The first-order chi connectivity index (χ1) is 6.88. The molecule has 0 radical (unpaired) electrons. The second-order valence-electron chi connectivity index (χ2n) is 4.76. The Hall–Kier alpha value is -0.790. The fourth-order valence-electron chi connectivity index (χ4n) is 1.70. The van der Waals surface area contributed by atoms with Crippen LogP contribution in [0.5, 0.6) is 0 Å². The summed E-state index contributed by atoms with van der Waals surface area (Å²) >= 11 is 0. The van der Waals surface area contributed by atoms with Gasteiger partial charge in [0.05, 0.1) is 0 Å². The topological polar surface area (TPSA) is 20.3 Å². The summed E-state index contributed by atoms with van der Waals surface area (Å²) in [4.78, 5) is 13.3. The van der Waals surface area contributed by atoms with Crippen molar-refractivity contribution < 1.29 is 4.79 Å². The standard InChI is InChI=1S/C13H25NO/c1-7-14(12(6)15)13(8-10(2)3)9-11(4)5/h8,10-11H,7,9H2,1-6H3/b13-8+. The van der Waals surface area contributed by atoms with Gasteiger partial charge in [0.1, 0.15) is 0 Å².